The Kier molecular flexibility index (Phi) is 6.10. The van der Waals surface area contributed by atoms with Crippen LogP contribution in [0.15, 0.2) is 48.5 Å². The van der Waals surface area contributed by atoms with E-state index in [0.717, 1.165) is 16.2 Å². The lowest BCUT2D eigenvalue weighted by Crippen LogP contribution is -2.37. The number of ether oxygens (including phenoxy) is 1. The minimum Gasteiger partial charge on any atom is -0.497 e. The molecule has 8 heteroatoms. The van der Waals surface area contributed by atoms with Gasteiger partial charge in [0.2, 0.25) is 15.9 Å². The summed E-state index contributed by atoms with van der Waals surface area (Å²) in [5.41, 5.74) is 1.99. The van der Waals surface area contributed by atoms with Crippen molar-refractivity contribution >= 4 is 33.0 Å². The van der Waals surface area contributed by atoms with Gasteiger partial charge in [-0.2, -0.15) is 0 Å². The molecule has 0 fully saturated rings. The second-order valence-electron chi connectivity index (χ2n) is 5.96. The molecule has 0 aromatic heterocycles. The zero-order chi connectivity index (χ0) is 19.3. The molecule has 140 valence electrons. The van der Waals surface area contributed by atoms with E-state index in [-0.39, 0.29) is 6.54 Å². The topological polar surface area (TPSA) is 79.0 Å². The summed E-state index contributed by atoms with van der Waals surface area (Å²) in [6.07, 6.45) is 1.07. The molecule has 0 unspecified atom stereocenters. The summed E-state index contributed by atoms with van der Waals surface area (Å²) in [4.78, 5) is 14.3. The zero-order valence-electron chi connectivity index (χ0n) is 15.3. The predicted molar refractivity (Wildman–Crippen MR) is 105 cm³/mol. The van der Waals surface area contributed by atoms with Gasteiger partial charge >= 0.3 is 0 Å². The highest BCUT2D eigenvalue weighted by Crippen LogP contribution is 2.22. The maximum Gasteiger partial charge on any atom is 0.245 e. The number of carbonyl (C=O) groups excluding carboxylic acids is 1. The second kappa shape index (κ2) is 8.09. The van der Waals surface area contributed by atoms with Crippen molar-refractivity contribution in [3.05, 3.63) is 48.5 Å². The highest BCUT2D eigenvalue weighted by molar-refractivity contribution is 7.92. The van der Waals surface area contributed by atoms with Gasteiger partial charge in [-0.1, -0.05) is 0 Å². The predicted octanol–water partition coefficient (Wildman–Crippen LogP) is 2.17. The zero-order valence-corrected chi connectivity index (χ0v) is 16.1. The smallest absolute Gasteiger partial charge is 0.245 e. The molecule has 0 aliphatic rings. The van der Waals surface area contributed by atoms with Crippen molar-refractivity contribution in [2.24, 2.45) is 0 Å². The van der Waals surface area contributed by atoms with Crippen LogP contribution in [0.5, 0.6) is 5.75 Å². The third-order valence-electron chi connectivity index (χ3n) is 3.72. The van der Waals surface area contributed by atoms with E-state index in [1.54, 1.807) is 36.4 Å². The van der Waals surface area contributed by atoms with E-state index in [0.29, 0.717) is 17.1 Å². The van der Waals surface area contributed by atoms with E-state index >= 15 is 0 Å². The van der Waals surface area contributed by atoms with Gasteiger partial charge in [0, 0.05) is 25.5 Å². The van der Waals surface area contributed by atoms with Crippen LogP contribution in [-0.4, -0.2) is 48.3 Å². The first-order chi connectivity index (χ1) is 12.2. The molecule has 26 heavy (non-hydrogen) atoms. The molecular weight excluding hydrogens is 354 g/mol. The summed E-state index contributed by atoms with van der Waals surface area (Å²) in [5.74, 6) is 0.177. The van der Waals surface area contributed by atoms with Gasteiger partial charge in [0.25, 0.3) is 0 Å². The Morgan fingerprint density at radius 2 is 1.54 bits per heavy atom. The monoisotopic (exact) mass is 377 g/mol. The van der Waals surface area contributed by atoms with E-state index in [2.05, 4.69) is 5.32 Å². The highest BCUT2D eigenvalue weighted by atomic mass is 32.2. The highest BCUT2D eigenvalue weighted by Gasteiger charge is 2.21. The first kappa shape index (κ1) is 19.6. The number of amides is 1. The number of hydrogen-bond donors (Lipinski definition) is 1. The fraction of sp³-hybridized carbons (Fsp3) is 0.278. The number of rotatable bonds is 7. The van der Waals surface area contributed by atoms with Gasteiger partial charge in [-0.15, -0.1) is 0 Å². The Bertz CT molecular complexity index is 847. The molecule has 0 spiro atoms. The molecule has 0 saturated heterocycles. The Labute approximate surface area is 154 Å². The van der Waals surface area contributed by atoms with Crippen molar-refractivity contribution in [2.75, 3.05) is 48.5 Å². The Morgan fingerprint density at radius 1 is 1.00 bits per heavy atom. The fourth-order valence-electron chi connectivity index (χ4n) is 2.32. The molecule has 1 N–H and O–H groups in total. The lowest BCUT2D eigenvalue weighted by atomic mass is 10.2. The molecule has 0 aliphatic heterocycles. The molecule has 1 amide bonds. The van der Waals surface area contributed by atoms with Crippen LogP contribution in [0.25, 0.3) is 0 Å². The van der Waals surface area contributed by atoms with Gasteiger partial charge in [-0.05, 0) is 48.5 Å². The third-order valence-corrected chi connectivity index (χ3v) is 4.86. The van der Waals surface area contributed by atoms with Crippen LogP contribution in [0, 0.1) is 0 Å². The van der Waals surface area contributed by atoms with Crippen LogP contribution >= 0.6 is 0 Å². The van der Waals surface area contributed by atoms with E-state index in [1.807, 2.05) is 31.1 Å². The average Bonchev–Trinajstić information content (AvgIpc) is 2.59. The number of carbonyl (C=O) groups is 1. The SMILES string of the molecule is COc1ccc(N(CC(=O)Nc2ccc(N(C)C)cc2)S(C)(=O)=O)cc1. The van der Waals surface area contributed by atoms with Crippen molar-refractivity contribution in [1.82, 2.24) is 0 Å². The summed E-state index contributed by atoms with van der Waals surface area (Å²) in [6, 6.07) is 13.8. The maximum atomic E-state index is 12.3. The molecule has 0 bridgehead atoms. The molecule has 7 nitrogen and oxygen atoms in total. The van der Waals surface area contributed by atoms with Gasteiger partial charge in [0.15, 0.2) is 0 Å². The van der Waals surface area contributed by atoms with Gasteiger partial charge in [-0.3, -0.25) is 9.10 Å². The maximum absolute atomic E-state index is 12.3. The van der Waals surface area contributed by atoms with Crippen LogP contribution in [0.4, 0.5) is 17.1 Å². The molecule has 2 aromatic carbocycles. The largest absolute Gasteiger partial charge is 0.497 e. The van der Waals surface area contributed by atoms with Gasteiger partial charge in [-0.25, -0.2) is 8.42 Å². The second-order valence-corrected chi connectivity index (χ2v) is 7.86. The number of hydrogen-bond acceptors (Lipinski definition) is 5. The van der Waals surface area contributed by atoms with Crippen LogP contribution in [-0.2, 0) is 14.8 Å². The fourth-order valence-corrected chi connectivity index (χ4v) is 3.18. The Morgan fingerprint density at radius 3 is 2.00 bits per heavy atom. The quantitative estimate of drug-likeness (QED) is 0.800. The number of nitrogens with one attached hydrogen (secondary N) is 1. The molecule has 0 saturated carbocycles. The van der Waals surface area contributed by atoms with Gasteiger partial charge < -0.3 is 15.0 Å². The standard InChI is InChI=1S/C18H23N3O4S/c1-20(2)15-7-5-14(6-8-15)19-18(22)13-21(26(4,23)24)16-9-11-17(25-3)12-10-16/h5-12H,13H2,1-4H3,(H,19,22). The summed E-state index contributed by atoms with van der Waals surface area (Å²) < 4.78 is 30.3. The van der Waals surface area contributed by atoms with Crippen molar-refractivity contribution in [1.29, 1.82) is 0 Å². The third kappa shape index (κ3) is 5.13. The molecule has 2 aromatic rings. The summed E-state index contributed by atoms with van der Waals surface area (Å²) >= 11 is 0. The minimum absolute atomic E-state index is 0.319. The van der Waals surface area contributed by atoms with Crippen LogP contribution < -0.4 is 19.3 Å². The van der Waals surface area contributed by atoms with Crippen molar-refractivity contribution in [3.63, 3.8) is 0 Å². The van der Waals surface area contributed by atoms with Crippen LogP contribution in [0.1, 0.15) is 0 Å². The molecule has 2 rings (SSSR count). The lowest BCUT2D eigenvalue weighted by molar-refractivity contribution is -0.114. The van der Waals surface area contributed by atoms with E-state index in [1.165, 1.54) is 7.11 Å². The summed E-state index contributed by atoms with van der Waals surface area (Å²) in [6.45, 7) is -0.319. The average molecular weight is 377 g/mol. The molecule has 0 radical (unpaired) electrons. The summed E-state index contributed by atoms with van der Waals surface area (Å²) in [7, 11) is 1.75. The number of nitrogens with zero attached hydrogens (tertiary/aromatic N) is 2. The Hall–Kier alpha value is -2.74. The first-order valence-electron chi connectivity index (χ1n) is 7.89. The molecule has 0 atom stereocenters. The van der Waals surface area contributed by atoms with Crippen molar-refractivity contribution < 1.29 is 17.9 Å². The van der Waals surface area contributed by atoms with Crippen LogP contribution in [0.2, 0.25) is 0 Å². The number of benzene rings is 2. The molecular formula is C18H23N3O4S. The first-order valence-corrected chi connectivity index (χ1v) is 9.74. The van der Waals surface area contributed by atoms with Gasteiger partial charge in [0.05, 0.1) is 19.1 Å². The van der Waals surface area contributed by atoms with Gasteiger partial charge in [0.1, 0.15) is 12.3 Å². The number of anilines is 3. The molecule has 0 heterocycles. The van der Waals surface area contributed by atoms with Crippen molar-refractivity contribution in [3.8, 4) is 5.75 Å². The Balaban J connectivity index is 2.13. The number of methoxy groups -OCH3 is 1. The van der Waals surface area contributed by atoms with Crippen molar-refractivity contribution in [2.45, 2.75) is 0 Å². The lowest BCUT2D eigenvalue weighted by Gasteiger charge is -2.22. The minimum atomic E-state index is -3.62. The number of sulfonamides is 1. The van der Waals surface area contributed by atoms with Crippen LogP contribution in [0.3, 0.4) is 0 Å². The molecule has 0 aliphatic carbocycles. The van der Waals surface area contributed by atoms with E-state index < -0.39 is 15.9 Å². The normalized spacial score (nSPS) is 10.9. The van der Waals surface area contributed by atoms with E-state index in [4.69, 9.17) is 4.74 Å². The van der Waals surface area contributed by atoms with E-state index in [9.17, 15) is 13.2 Å². The summed E-state index contributed by atoms with van der Waals surface area (Å²) in [5, 5.41) is 2.71.